The van der Waals surface area contributed by atoms with E-state index in [4.69, 9.17) is 24.5 Å². The minimum atomic E-state index is -0.713. The van der Waals surface area contributed by atoms with Crippen molar-refractivity contribution in [3.63, 3.8) is 0 Å². The third kappa shape index (κ3) is 6.35. The molecule has 1 aliphatic heterocycles. The molecule has 0 bridgehead atoms. The lowest BCUT2D eigenvalue weighted by Gasteiger charge is -2.22. The molecule has 3 aromatic heterocycles. The van der Waals surface area contributed by atoms with Crippen LogP contribution in [0.1, 0.15) is 43.9 Å². The highest BCUT2D eigenvalue weighted by Gasteiger charge is 2.23. The van der Waals surface area contributed by atoms with Gasteiger partial charge in [-0.2, -0.15) is 5.10 Å². The predicted molar refractivity (Wildman–Crippen MR) is 162 cm³/mol. The highest BCUT2D eigenvalue weighted by molar-refractivity contribution is 5.92. The smallest absolute Gasteiger partial charge is 0.222 e. The average molecular weight is 600 g/mol. The normalized spacial score (nSPS) is 13.6. The lowest BCUT2D eigenvalue weighted by atomic mass is 9.96. The molecule has 2 N–H and O–H groups in total. The van der Waals surface area contributed by atoms with Crippen molar-refractivity contribution in [2.45, 2.75) is 39.2 Å². The van der Waals surface area contributed by atoms with Gasteiger partial charge in [0.15, 0.2) is 5.82 Å². The molecule has 1 amide bonds. The summed E-state index contributed by atoms with van der Waals surface area (Å²) in [6, 6.07) is 15.2. The Kier molecular flexibility index (Phi) is 8.42. The van der Waals surface area contributed by atoms with Gasteiger partial charge in [-0.25, -0.2) is 23.7 Å². The molecule has 0 spiro atoms. The third-order valence-electron chi connectivity index (χ3n) is 7.33. The molecular formula is C32H31F2N7O3. The van der Waals surface area contributed by atoms with E-state index in [1.54, 1.807) is 29.9 Å². The van der Waals surface area contributed by atoms with Gasteiger partial charge in [-0.1, -0.05) is 18.2 Å². The number of anilines is 3. The van der Waals surface area contributed by atoms with Crippen LogP contribution in [0, 0.1) is 11.6 Å². The zero-order valence-electron chi connectivity index (χ0n) is 24.3. The number of rotatable bonds is 9. The second-order valence-electron chi connectivity index (χ2n) is 10.4. The maximum Gasteiger partial charge on any atom is 0.222 e. The number of hydrogen-bond acceptors (Lipinski definition) is 8. The van der Waals surface area contributed by atoms with Crippen molar-refractivity contribution >= 4 is 34.1 Å². The number of benzene rings is 2. The molecule has 0 radical (unpaired) electrons. The molecule has 1 fully saturated rings. The van der Waals surface area contributed by atoms with Crippen LogP contribution in [0.2, 0.25) is 0 Å². The fourth-order valence-corrected chi connectivity index (χ4v) is 5.29. The SMILES string of the molecule is CCOc1cc(F)c(Cn2nc(-c3nc(Nc4ccnc(NC(C)=O)c4)cc(C4CCOCC4)n3)c3ccccc32)c(F)c1. The molecule has 0 unspecified atom stereocenters. The van der Waals surface area contributed by atoms with Gasteiger partial charge in [0.05, 0.1) is 18.7 Å². The monoisotopic (exact) mass is 599 g/mol. The Morgan fingerprint density at radius 1 is 1.05 bits per heavy atom. The molecule has 10 nitrogen and oxygen atoms in total. The van der Waals surface area contributed by atoms with E-state index < -0.39 is 11.6 Å². The Morgan fingerprint density at radius 3 is 2.57 bits per heavy atom. The number of ether oxygens (including phenoxy) is 2. The largest absolute Gasteiger partial charge is 0.494 e. The number of carbonyl (C=O) groups is 1. The third-order valence-corrected chi connectivity index (χ3v) is 7.33. The van der Waals surface area contributed by atoms with Crippen LogP contribution in [0.15, 0.2) is 60.8 Å². The van der Waals surface area contributed by atoms with Gasteiger partial charge in [0, 0.05) is 78.8 Å². The van der Waals surface area contributed by atoms with Gasteiger partial charge in [-0.3, -0.25) is 9.48 Å². The zero-order valence-corrected chi connectivity index (χ0v) is 24.3. The maximum absolute atomic E-state index is 15.0. The van der Waals surface area contributed by atoms with Crippen LogP contribution < -0.4 is 15.4 Å². The summed E-state index contributed by atoms with van der Waals surface area (Å²) in [7, 11) is 0. The highest BCUT2D eigenvalue weighted by atomic mass is 19.1. The standard InChI is InChI=1S/C32H31F2N7O3/c1-3-44-22-15-25(33)24(26(34)16-22)18-41-28-7-5-4-6-23(28)31(40-41)32-38-27(20-9-12-43-13-10-20)17-30(39-32)37-21-8-11-35-29(14-21)36-19(2)42/h4-8,11,14-17,20H,3,9-10,12-13,18H2,1-2H3,(H2,35,36,37,38,39,42). The number of halogens is 2. The van der Waals surface area contributed by atoms with Crippen LogP contribution in [-0.2, 0) is 16.1 Å². The number of aromatic nitrogens is 5. The van der Waals surface area contributed by atoms with Crippen LogP contribution in [0.25, 0.3) is 22.4 Å². The average Bonchev–Trinajstić information content (AvgIpc) is 3.38. The van der Waals surface area contributed by atoms with E-state index in [0.29, 0.717) is 54.2 Å². The van der Waals surface area contributed by atoms with Crippen molar-refractivity contribution in [1.82, 2.24) is 24.7 Å². The van der Waals surface area contributed by atoms with E-state index in [9.17, 15) is 4.79 Å². The molecule has 6 rings (SSSR count). The molecule has 226 valence electrons. The first-order valence-electron chi connectivity index (χ1n) is 14.4. The van der Waals surface area contributed by atoms with Crippen LogP contribution in [-0.4, -0.2) is 50.5 Å². The van der Waals surface area contributed by atoms with Crippen LogP contribution in [0.5, 0.6) is 5.75 Å². The van der Waals surface area contributed by atoms with Gasteiger partial charge in [0.25, 0.3) is 0 Å². The first-order valence-corrected chi connectivity index (χ1v) is 14.4. The minimum absolute atomic E-state index is 0.125. The maximum atomic E-state index is 15.0. The van der Waals surface area contributed by atoms with Crippen molar-refractivity contribution in [3.8, 4) is 17.3 Å². The molecule has 1 saturated heterocycles. The summed E-state index contributed by atoms with van der Waals surface area (Å²) >= 11 is 0. The summed E-state index contributed by atoms with van der Waals surface area (Å²) in [4.78, 5) is 25.5. The van der Waals surface area contributed by atoms with E-state index in [-0.39, 0.29) is 29.7 Å². The number of carbonyl (C=O) groups excluding carboxylic acids is 1. The van der Waals surface area contributed by atoms with Crippen LogP contribution in [0.3, 0.4) is 0 Å². The van der Waals surface area contributed by atoms with Crippen LogP contribution in [0.4, 0.5) is 26.1 Å². The Labute approximate surface area is 252 Å². The Morgan fingerprint density at radius 2 is 1.82 bits per heavy atom. The van der Waals surface area contributed by atoms with Crippen LogP contribution >= 0.6 is 0 Å². The molecule has 0 atom stereocenters. The summed E-state index contributed by atoms with van der Waals surface area (Å²) in [6.45, 7) is 4.59. The highest BCUT2D eigenvalue weighted by Crippen LogP contribution is 2.33. The minimum Gasteiger partial charge on any atom is -0.494 e. The van der Waals surface area contributed by atoms with E-state index in [2.05, 4.69) is 15.6 Å². The topological polar surface area (TPSA) is 116 Å². The number of nitrogens with one attached hydrogen (secondary N) is 2. The van der Waals surface area contributed by atoms with Crippen molar-refractivity contribution in [2.24, 2.45) is 0 Å². The Bertz CT molecular complexity index is 1800. The lowest BCUT2D eigenvalue weighted by Crippen LogP contribution is -2.16. The number of pyridine rings is 1. The van der Waals surface area contributed by atoms with Gasteiger partial charge in [0.2, 0.25) is 5.91 Å². The number of hydrogen-bond donors (Lipinski definition) is 2. The van der Waals surface area contributed by atoms with Crippen molar-refractivity contribution in [1.29, 1.82) is 0 Å². The van der Waals surface area contributed by atoms with Gasteiger partial charge < -0.3 is 20.1 Å². The van der Waals surface area contributed by atoms with Crippen molar-refractivity contribution < 1.29 is 23.0 Å². The van der Waals surface area contributed by atoms with E-state index in [1.807, 2.05) is 30.3 Å². The molecule has 1 aliphatic rings. The first-order chi connectivity index (χ1) is 21.4. The van der Waals surface area contributed by atoms with E-state index in [1.165, 1.54) is 19.1 Å². The summed E-state index contributed by atoms with van der Waals surface area (Å²) in [5.74, 6) is -0.0699. The molecule has 0 saturated carbocycles. The summed E-state index contributed by atoms with van der Waals surface area (Å²) < 4.78 is 42.5. The molecule has 0 aliphatic carbocycles. The fourth-order valence-electron chi connectivity index (χ4n) is 5.29. The van der Waals surface area contributed by atoms with Crippen molar-refractivity contribution in [2.75, 3.05) is 30.5 Å². The summed E-state index contributed by atoms with van der Waals surface area (Å²) in [6.07, 6.45) is 3.20. The van der Waals surface area contributed by atoms with E-state index >= 15 is 8.78 Å². The second-order valence-corrected chi connectivity index (χ2v) is 10.4. The molecule has 12 heteroatoms. The second kappa shape index (κ2) is 12.7. The zero-order chi connectivity index (χ0) is 30.6. The first kappa shape index (κ1) is 29.1. The Balaban J connectivity index is 1.42. The summed E-state index contributed by atoms with van der Waals surface area (Å²) in [5.41, 5.74) is 2.54. The summed E-state index contributed by atoms with van der Waals surface area (Å²) in [5, 5.41) is 11.5. The number of para-hydroxylation sites is 1. The number of amides is 1. The van der Waals surface area contributed by atoms with Crippen molar-refractivity contribution in [3.05, 3.63) is 83.7 Å². The van der Waals surface area contributed by atoms with Gasteiger partial charge in [-0.05, 0) is 31.9 Å². The lowest BCUT2D eigenvalue weighted by molar-refractivity contribution is -0.114. The molecule has 2 aromatic carbocycles. The fraction of sp³-hybridized carbons (Fsp3) is 0.281. The molecule has 44 heavy (non-hydrogen) atoms. The van der Waals surface area contributed by atoms with Gasteiger partial charge in [-0.15, -0.1) is 0 Å². The number of nitrogens with zero attached hydrogens (tertiary/aromatic N) is 5. The predicted octanol–water partition coefficient (Wildman–Crippen LogP) is 6.21. The quantitative estimate of drug-likeness (QED) is 0.206. The number of fused-ring (bicyclic) bond motifs is 1. The van der Waals surface area contributed by atoms with Gasteiger partial charge >= 0.3 is 0 Å². The van der Waals surface area contributed by atoms with Gasteiger partial charge in [0.1, 0.15) is 34.7 Å². The molecular weight excluding hydrogens is 568 g/mol. The van der Waals surface area contributed by atoms with E-state index in [0.717, 1.165) is 23.9 Å². The molecule has 5 aromatic rings. The Hall–Kier alpha value is -4.97. The molecule has 4 heterocycles.